The lowest BCUT2D eigenvalue weighted by Gasteiger charge is -2.40. The van der Waals surface area contributed by atoms with Gasteiger partial charge in [-0.25, -0.2) is 4.79 Å². The molecule has 0 bridgehead atoms. The van der Waals surface area contributed by atoms with E-state index in [1.54, 1.807) is 0 Å². The van der Waals surface area contributed by atoms with Crippen LogP contribution < -0.4 is 9.47 Å². The molecule has 2 aromatic rings. The summed E-state index contributed by atoms with van der Waals surface area (Å²) in [6.45, 7) is 3.59. The van der Waals surface area contributed by atoms with Crippen molar-refractivity contribution in [3.05, 3.63) is 61.2 Å². The number of esters is 1. The summed E-state index contributed by atoms with van der Waals surface area (Å²) in [4.78, 5) is 11.6. The number of hydrogen-bond acceptors (Lipinski definition) is 3. The number of ether oxygens (including phenoxy) is 2. The molecule has 0 aliphatic carbocycles. The fourth-order valence-electron chi connectivity index (χ4n) is 2.88. The predicted molar refractivity (Wildman–Crippen MR) is 109 cm³/mol. The number of hydrogen-bond donors (Lipinski definition) is 0. The molecule has 0 fully saturated rings. The van der Waals surface area contributed by atoms with Gasteiger partial charge in [-0.05, 0) is 35.4 Å². The number of alkyl halides is 15. The monoisotopic (exact) mass is 622 g/mol. The first-order chi connectivity index (χ1) is 18.4. The van der Waals surface area contributed by atoms with Crippen LogP contribution in [0.25, 0.3) is 11.1 Å². The second-order valence-electron chi connectivity index (χ2n) is 7.98. The molecule has 0 amide bonds. The van der Waals surface area contributed by atoms with Gasteiger partial charge in [0.2, 0.25) is 0 Å². The third-order valence-corrected chi connectivity index (χ3v) is 5.20. The Morgan fingerprint density at radius 2 is 0.951 bits per heavy atom. The highest BCUT2D eigenvalue weighted by atomic mass is 19.4. The molecule has 0 unspecified atom stereocenters. The minimum atomic E-state index is -8.50. The SMILES string of the molecule is C=CCOc1ccc(-c2ccc(OC(=O)C(F)(F)C(F)(F)C(F)(F)C(F)(F)C(F)(F)C(F)(F)C(F)(F)F)cc2)cc1. The number of halogens is 15. The molecule has 0 saturated heterocycles. The standard InChI is InChI=1S/C23H13F15O3/c1-2-11-40-14-7-3-12(4-8-14)13-5-9-15(10-6-13)41-16(39)17(24,25)18(26,27)19(28,29)20(30,31)21(32,33)22(34,35)23(36,37)38/h2-10H,1,11H2. The number of carbonyl (C=O) groups is 1. The Labute approximate surface area is 219 Å². The Hall–Kier alpha value is -3.60. The van der Waals surface area contributed by atoms with Crippen molar-refractivity contribution in [3.63, 3.8) is 0 Å². The maximum absolute atomic E-state index is 14.0. The minimum absolute atomic E-state index is 0.162. The molecule has 0 aliphatic rings. The summed E-state index contributed by atoms with van der Waals surface area (Å²) in [6, 6.07) is 9.12. The minimum Gasteiger partial charge on any atom is -0.490 e. The molecule has 0 spiro atoms. The Morgan fingerprint density at radius 1 is 0.585 bits per heavy atom. The summed E-state index contributed by atoms with van der Waals surface area (Å²) < 4.78 is 208. The molecular weight excluding hydrogens is 609 g/mol. The maximum Gasteiger partial charge on any atom is 0.460 e. The van der Waals surface area contributed by atoms with Gasteiger partial charge in [-0.15, -0.1) is 0 Å². The van der Waals surface area contributed by atoms with Crippen LogP contribution in [-0.4, -0.2) is 54.3 Å². The fraction of sp³-hybridized carbons (Fsp3) is 0.348. The molecular formula is C23H13F15O3. The van der Waals surface area contributed by atoms with E-state index in [4.69, 9.17) is 4.74 Å². The van der Waals surface area contributed by atoms with E-state index in [2.05, 4.69) is 11.3 Å². The largest absolute Gasteiger partial charge is 0.490 e. The van der Waals surface area contributed by atoms with Gasteiger partial charge in [0.05, 0.1) is 0 Å². The summed E-state index contributed by atoms with van der Waals surface area (Å²) in [5.74, 6) is -53.1. The molecule has 0 saturated carbocycles. The van der Waals surface area contributed by atoms with Crippen LogP contribution in [0.2, 0.25) is 0 Å². The van der Waals surface area contributed by atoms with Crippen LogP contribution >= 0.6 is 0 Å². The van der Waals surface area contributed by atoms with Gasteiger partial charge in [0, 0.05) is 0 Å². The molecule has 0 heterocycles. The van der Waals surface area contributed by atoms with E-state index >= 15 is 0 Å². The summed E-state index contributed by atoms with van der Waals surface area (Å²) in [7, 11) is 0. The third kappa shape index (κ3) is 5.51. The van der Waals surface area contributed by atoms with Crippen molar-refractivity contribution in [2.24, 2.45) is 0 Å². The first-order valence-corrected chi connectivity index (χ1v) is 10.4. The van der Waals surface area contributed by atoms with Gasteiger partial charge in [-0.1, -0.05) is 36.9 Å². The van der Waals surface area contributed by atoms with Gasteiger partial charge in [0.15, 0.2) is 0 Å². The van der Waals surface area contributed by atoms with Crippen LogP contribution in [0, 0.1) is 0 Å². The van der Waals surface area contributed by atoms with Crippen molar-refractivity contribution in [1.29, 1.82) is 0 Å². The first kappa shape index (κ1) is 33.6. The van der Waals surface area contributed by atoms with Gasteiger partial charge in [-0.3, -0.25) is 0 Å². The molecule has 228 valence electrons. The zero-order chi connectivity index (χ0) is 31.9. The van der Waals surface area contributed by atoms with Crippen LogP contribution in [0.3, 0.4) is 0 Å². The Bertz CT molecular complexity index is 1230. The molecule has 18 heteroatoms. The van der Waals surface area contributed by atoms with Crippen LogP contribution in [0.5, 0.6) is 11.5 Å². The van der Waals surface area contributed by atoms with Crippen molar-refractivity contribution < 1.29 is 80.1 Å². The summed E-state index contributed by atoms with van der Waals surface area (Å²) in [5, 5.41) is 0. The van der Waals surface area contributed by atoms with Gasteiger partial charge in [-0.2, -0.15) is 65.9 Å². The quantitative estimate of drug-likeness (QED) is 0.110. The Morgan fingerprint density at radius 3 is 1.34 bits per heavy atom. The van der Waals surface area contributed by atoms with E-state index < -0.39 is 53.4 Å². The Balaban J connectivity index is 2.33. The van der Waals surface area contributed by atoms with Crippen LogP contribution in [0.4, 0.5) is 65.9 Å². The zero-order valence-corrected chi connectivity index (χ0v) is 19.5. The maximum atomic E-state index is 14.0. The van der Waals surface area contributed by atoms with Gasteiger partial charge >= 0.3 is 47.7 Å². The van der Waals surface area contributed by atoms with Crippen LogP contribution in [-0.2, 0) is 4.79 Å². The second-order valence-corrected chi connectivity index (χ2v) is 7.98. The van der Waals surface area contributed by atoms with Crippen LogP contribution in [0.15, 0.2) is 61.2 Å². The zero-order valence-electron chi connectivity index (χ0n) is 19.5. The average molecular weight is 622 g/mol. The van der Waals surface area contributed by atoms with E-state index in [-0.39, 0.29) is 12.2 Å². The lowest BCUT2D eigenvalue weighted by molar-refractivity contribution is -0.450. The van der Waals surface area contributed by atoms with Crippen molar-refractivity contribution in [1.82, 2.24) is 0 Å². The molecule has 0 atom stereocenters. The lowest BCUT2D eigenvalue weighted by atomic mass is 9.91. The molecule has 0 N–H and O–H groups in total. The smallest absolute Gasteiger partial charge is 0.460 e. The van der Waals surface area contributed by atoms with Crippen molar-refractivity contribution in [2.75, 3.05) is 6.61 Å². The molecule has 0 radical (unpaired) electrons. The lowest BCUT2D eigenvalue weighted by Crippen LogP contribution is -2.73. The number of rotatable bonds is 11. The van der Waals surface area contributed by atoms with E-state index in [1.807, 2.05) is 0 Å². The Kier molecular flexibility index (Phi) is 8.74. The van der Waals surface area contributed by atoms with Crippen molar-refractivity contribution in [2.45, 2.75) is 41.7 Å². The fourth-order valence-corrected chi connectivity index (χ4v) is 2.88. The molecule has 0 aliphatic heterocycles. The van der Waals surface area contributed by atoms with Gasteiger partial charge < -0.3 is 9.47 Å². The van der Waals surface area contributed by atoms with Gasteiger partial charge in [0.1, 0.15) is 18.1 Å². The van der Waals surface area contributed by atoms with Crippen molar-refractivity contribution in [3.8, 4) is 22.6 Å². The third-order valence-electron chi connectivity index (χ3n) is 5.20. The highest BCUT2D eigenvalue weighted by Crippen LogP contribution is 2.62. The number of benzene rings is 2. The van der Waals surface area contributed by atoms with E-state index in [0.29, 0.717) is 23.4 Å². The molecule has 0 aromatic heterocycles. The number of carbonyl (C=O) groups excluding carboxylic acids is 1. The highest BCUT2D eigenvalue weighted by Gasteiger charge is 2.94. The van der Waals surface area contributed by atoms with Crippen molar-refractivity contribution >= 4 is 5.97 Å². The average Bonchev–Trinajstić information content (AvgIpc) is 2.87. The predicted octanol–water partition coefficient (Wildman–Crippen LogP) is 8.20. The second kappa shape index (κ2) is 10.7. The van der Waals surface area contributed by atoms with E-state index in [0.717, 1.165) is 12.1 Å². The normalized spacial score (nSPS) is 14.0. The summed E-state index contributed by atoms with van der Waals surface area (Å²) in [5.41, 5.74) is 0.653. The van der Waals surface area contributed by atoms with Crippen LogP contribution in [0.1, 0.15) is 0 Å². The van der Waals surface area contributed by atoms with Gasteiger partial charge in [0.25, 0.3) is 0 Å². The molecule has 2 rings (SSSR count). The molecule has 41 heavy (non-hydrogen) atoms. The highest BCUT2D eigenvalue weighted by molar-refractivity contribution is 5.81. The van der Waals surface area contributed by atoms with E-state index in [1.165, 1.54) is 30.3 Å². The molecule has 2 aromatic carbocycles. The first-order valence-electron chi connectivity index (χ1n) is 10.4. The topological polar surface area (TPSA) is 35.5 Å². The summed E-state index contributed by atoms with van der Waals surface area (Å²) in [6.07, 6.45) is -6.28. The summed E-state index contributed by atoms with van der Waals surface area (Å²) >= 11 is 0. The molecule has 3 nitrogen and oxygen atoms in total. The van der Waals surface area contributed by atoms with E-state index in [9.17, 15) is 70.7 Å².